The van der Waals surface area contributed by atoms with Crippen molar-refractivity contribution < 1.29 is 34.1 Å². The highest BCUT2D eigenvalue weighted by atomic mass is 79.9. The maximum absolute atomic E-state index is 14.6. The Morgan fingerprint density at radius 1 is 0.415 bits per heavy atom. The Morgan fingerprint density at radius 2 is 0.774 bits per heavy atom. The molecule has 0 aromatic heterocycles. The molecule has 0 amide bonds. The zero-order valence-electron chi connectivity index (χ0n) is 27.1. The quantitative estimate of drug-likeness (QED) is 0.0785. The number of rotatable bonds is 4. The molecule has 0 saturated carbocycles. The number of aromatic carboxylic acids is 2. The molecule has 10 rings (SSSR count). The first-order valence-electron chi connectivity index (χ1n) is 16.5. The molecule has 10 aromatic carbocycles. The van der Waals surface area contributed by atoms with Gasteiger partial charge in [-0.05, 0) is 99.7 Å². The molecule has 2 N–H and O–H groups in total. The van der Waals surface area contributed by atoms with Gasteiger partial charge >= 0.3 is 23.9 Å². The van der Waals surface area contributed by atoms with Crippen LogP contribution in [0.2, 0.25) is 0 Å². The van der Waals surface area contributed by atoms with Crippen LogP contribution in [-0.2, 0) is 4.74 Å². The van der Waals surface area contributed by atoms with Crippen LogP contribution >= 0.6 is 31.9 Å². The van der Waals surface area contributed by atoms with E-state index in [0.717, 1.165) is 52.0 Å². The Bertz CT molecular complexity index is 3110. The summed E-state index contributed by atoms with van der Waals surface area (Å²) in [6.07, 6.45) is 0. The number of esters is 2. The minimum absolute atomic E-state index is 0.299. The first-order valence-corrected chi connectivity index (χ1v) is 18.1. The van der Waals surface area contributed by atoms with Crippen LogP contribution in [0.3, 0.4) is 0 Å². The minimum Gasteiger partial charge on any atom is -0.478 e. The van der Waals surface area contributed by atoms with Gasteiger partial charge in [-0.15, -0.1) is 0 Å². The fourth-order valence-corrected chi connectivity index (χ4v) is 9.38. The summed E-state index contributed by atoms with van der Waals surface area (Å²) < 4.78 is 7.34. The van der Waals surface area contributed by atoms with Gasteiger partial charge in [0.2, 0.25) is 0 Å². The lowest BCUT2D eigenvalue weighted by Crippen LogP contribution is -2.19. The summed E-state index contributed by atoms with van der Waals surface area (Å²) in [6.45, 7) is 0. The summed E-state index contributed by atoms with van der Waals surface area (Å²) >= 11 is 7.28. The maximum atomic E-state index is 14.6. The number of carbonyl (C=O) groups excluding carboxylic acids is 2. The fraction of sp³-hybridized carbons (Fsp3) is 0. The van der Waals surface area contributed by atoms with Crippen LogP contribution < -0.4 is 0 Å². The first-order chi connectivity index (χ1) is 25.6. The van der Waals surface area contributed by atoms with E-state index < -0.39 is 23.9 Å². The predicted molar refractivity (Wildman–Crippen MR) is 214 cm³/mol. The van der Waals surface area contributed by atoms with Gasteiger partial charge < -0.3 is 14.9 Å². The number of benzene rings is 10. The zero-order valence-corrected chi connectivity index (χ0v) is 30.3. The Hall–Kier alpha value is -6.16. The Morgan fingerprint density at radius 3 is 1.19 bits per heavy atom. The minimum atomic E-state index is -1.38. The molecule has 252 valence electrons. The van der Waals surface area contributed by atoms with E-state index in [1.807, 2.05) is 84.9 Å². The van der Waals surface area contributed by atoms with Crippen LogP contribution in [0.5, 0.6) is 0 Å². The fourth-order valence-electron chi connectivity index (χ4n) is 8.46. The molecular formula is C44H20Br2O7. The monoisotopic (exact) mass is 818 g/mol. The molecule has 0 bridgehead atoms. The van der Waals surface area contributed by atoms with Crippen LogP contribution in [-0.4, -0.2) is 34.1 Å². The van der Waals surface area contributed by atoms with Gasteiger partial charge in [0.05, 0.1) is 22.3 Å². The van der Waals surface area contributed by atoms with Crippen LogP contribution in [0.25, 0.3) is 86.2 Å². The average Bonchev–Trinajstić information content (AvgIpc) is 3.16. The van der Waals surface area contributed by atoms with E-state index in [1.54, 1.807) is 12.1 Å². The second kappa shape index (κ2) is 11.2. The molecule has 0 aliphatic rings. The van der Waals surface area contributed by atoms with Gasteiger partial charge in [-0.3, -0.25) is 0 Å². The molecule has 0 unspecified atom stereocenters. The van der Waals surface area contributed by atoms with Crippen LogP contribution in [0.1, 0.15) is 41.4 Å². The third-order valence-electron chi connectivity index (χ3n) is 10.5. The van der Waals surface area contributed by atoms with Crippen molar-refractivity contribution in [1.82, 2.24) is 0 Å². The van der Waals surface area contributed by atoms with Gasteiger partial charge in [-0.1, -0.05) is 117 Å². The Labute approximate surface area is 314 Å². The number of carboxylic acids is 2. The van der Waals surface area contributed by atoms with Crippen LogP contribution in [0.15, 0.2) is 118 Å². The van der Waals surface area contributed by atoms with Crippen molar-refractivity contribution in [1.29, 1.82) is 0 Å². The number of hydrogen-bond acceptors (Lipinski definition) is 5. The second-order valence-electron chi connectivity index (χ2n) is 13.1. The first kappa shape index (κ1) is 31.6. The molecule has 0 heterocycles. The zero-order chi connectivity index (χ0) is 36.4. The van der Waals surface area contributed by atoms with Crippen molar-refractivity contribution in [3.05, 3.63) is 140 Å². The SMILES string of the molecule is O=C(O)c1cc2cccc3c4ccc(Br)c5cccc(c(c1C(=O)OC(=O)c1c(C(=O)O)cc6cccc7c8ccc(Br)c9cccc(c1c67)c98)c23)c54. The lowest BCUT2D eigenvalue weighted by atomic mass is 9.85. The summed E-state index contributed by atoms with van der Waals surface area (Å²) in [5.41, 5.74) is -1.29. The normalized spacial score (nSPS) is 12.0. The molecule has 0 spiro atoms. The van der Waals surface area contributed by atoms with Gasteiger partial charge in [0.1, 0.15) is 0 Å². The van der Waals surface area contributed by atoms with Crippen molar-refractivity contribution >= 4 is 142 Å². The van der Waals surface area contributed by atoms with E-state index in [0.29, 0.717) is 43.1 Å². The lowest BCUT2D eigenvalue weighted by molar-refractivity contribution is 0.0390. The number of hydrogen-bond donors (Lipinski definition) is 2. The van der Waals surface area contributed by atoms with E-state index >= 15 is 0 Å². The van der Waals surface area contributed by atoms with Crippen molar-refractivity contribution in [3.63, 3.8) is 0 Å². The summed E-state index contributed by atoms with van der Waals surface area (Å²) in [7, 11) is 0. The molecule has 53 heavy (non-hydrogen) atoms. The van der Waals surface area contributed by atoms with Gasteiger partial charge in [-0.2, -0.15) is 0 Å². The van der Waals surface area contributed by atoms with Crippen LogP contribution in [0, 0.1) is 0 Å². The second-order valence-corrected chi connectivity index (χ2v) is 14.8. The highest BCUT2D eigenvalue weighted by molar-refractivity contribution is 9.11. The molecule has 0 fully saturated rings. The number of carbonyl (C=O) groups is 4. The predicted octanol–water partition coefficient (Wildman–Crippen LogP) is 11.7. The van der Waals surface area contributed by atoms with Crippen molar-refractivity contribution in [2.24, 2.45) is 0 Å². The van der Waals surface area contributed by atoms with E-state index in [1.165, 1.54) is 12.1 Å². The maximum Gasteiger partial charge on any atom is 0.347 e. The van der Waals surface area contributed by atoms with Crippen molar-refractivity contribution in [2.75, 3.05) is 0 Å². The van der Waals surface area contributed by atoms with Gasteiger partial charge in [0, 0.05) is 19.7 Å². The molecule has 9 heteroatoms. The molecule has 10 aromatic rings. The van der Waals surface area contributed by atoms with Crippen molar-refractivity contribution in [2.45, 2.75) is 0 Å². The number of fused-ring (bicyclic) bond motifs is 4. The van der Waals surface area contributed by atoms with E-state index in [4.69, 9.17) is 4.74 Å². The van der Waals surface area contributed by atoms with E-state index in [9.17, 15) is 29.4 Å². The summed E-state index contributed by atoms with van der Waals surface area (Å²) in [6, 6.07) is 32.9. The van der Waals surface area contributed by atoms with Gasteiger partial charge in [0.25, 0.3) is 0 Å². The molecule has 0 aliphatic carbocycles. The highest BCUT2D eigenvalue weighted by Crippen LogP contribution is 2.46. The van der Waals surface area contributed by atoms with Crippen LogP contribution in [0.4, 0.5) is 0 Å². The third-order valence-corrected chi connectivity index (χ3v) is 11.9. The van der Waals surface area contributed by atoms with E-state index in [2.05, 4.69) is 31.9 Å². The Balaban J connectivity index is 1.28. The number of carboxylic acid groups (broad SMARTS) is 2. The molecule has 0 atom stereocenters. The van der Waals surface area contributed by atoms with Gasteiger partial charge in [-0.25, -0.2) is 19.2 Å². The summed E-state index contributed by atoms with van der Waals surface area (Å²) in [5, 5.41) is 32.2. The molecule has 0 saturated heterocycles. The molecular weight excluding hydrogens is 800 g/mol. The Kier molecular flexibility index (Phi) is 6.65. The lowest BCUT2D eigenvalue weighted by Gasteiger charge is -2.20. The largest absolute Gasteiger partial charge is 0.478 e. The van der Waals surface area contributed by atoms with Gasteiger partial charge in [0.15, 0.2) is 0 Å². The standard InChI is InChI=1S/C44H20Br2O7/c45-31-15-13-23-21-7-1-5-19-17-29(41(47)48)39(37(33(19)21)27-11-3-9-25(31)35(23)27)43(51)53-44(52)40-30(42(49)50)18-20-6-2-8-22-24-14-16-32(46)26-10-4-12-28(36(24)26)38(40)34(20)22/h1-18H,(H,47,48)(H,49,50). The smallest absolute Gasteiger partial charge is 0.347 e. The van der Waals surface area contributed by atoms with Crippen molar-refractivity contribution in [3.8, 4) is 0 Å². The number of halogens is 2. The highest BCUT2D eigenvalue weighted by Gasteiger charge is 2.32. The molecule has 0 aliphatic heterocycles. The molecule has 7 nitrogen and oxygen atoms in total. The third kappa shape index (κ3) is 4.26. The molecule has 0 radical (unpaired) electrons. The number of ether oxygens (including phenoxy) is 1. The summed E-state index contributed by atoms with van der Waals surface area (Å²) in [5.74, 6) is -5.18. The summed E-state index contributed by atoms with van der Waals surface area (Å²) in [4.78, 5) is 55.1. The van der Waals surface area contributed by atoms with E-state index in [-0.39, 0.29) is 22.3 Å². The topological polar surface area (TPSA) is 118 Å². The average molecular weight is 820 g/mol.